The van der Waals surface area contributed by atoms with Crippen LogP contribution in [-0.2, 0) is 14.3 Å². The maximum Gasteiger partial charge on any atom is 0.407 e. The highest BCUT2D eigenvalue weighted by Crippen LogP contribution is 2.31. The molecule has 0 radical (unpaired) electrons. The molecule has 0 bridgehead atoms. The van der Waals surface area contributed by atoms with E-state index in [1.807, 2.05) is 17.0 Å². The summed E-state index contributed by atoms with van der Waals surface area (Å²) in [4.78, 5) is 43.8. The van der Waals surface area contributed by atoms with Crippen LogP contribution in [0.25, 0.3) is 11.1 Å². The van der Waals surface area contributed by atoms with Gasteiger partial charge in [-0.05, 0) is 37.3 Å². The van der Waals surface area contributed by atoms with Gasteiger partial charge in [0.05, 0.1) is 25.7 Å². The molecule has 1 unspecified atom stereocenters. The molecule has 1 N–H and O–H groups in total. The Morgan fingerprint density at radius 2 is 1.88 bits per heavy atom. The molecule has 1 aliphatic carbocycles. The number of alkyl carbamates (subject to hydrolysis) is 1. The van der Waals surface area contributed by atoms with Gasteiger partial charge in [0.15, 0.2) is 5.58 Å². The number of nitrogens with one attached hydrogen (secondary N) is 1. The van der Waals surface area contributed by atoms with Gasteiger partial charge in [-0.15, -0.1) is 0 Å². The average Bonchev–Trinajstić information content (AvgIpc) is 3.32. The number of Topliss-reactive ketones (excluding diaryl/α,β-unsaturated/α-hetero) is 1. The Morgan fingerprint density at radius 3 is 2.65 bits per heavy atom. The lowest BCUT2D eigenvalue weighted by atomic mass is 9.79. The number of ketones is 1. The van der Waals surface area contributed by atoms with Crippen LogP contribution in [0.5, 0.6) is 0 Å². The van der Waals surface area contributed by atoms with Gasteiger partial charge in [-0.25, -0.2) is 9.78 Å². The van der Waals surface area contributed by atoms with E-state index in [1.54, 1.807) is 12.1 Å². The van der Waals surface area contributed by atoms with Crippen LogP contribution in [0.4, 0.5) is 4.79 Å². The summed E-state index contributed by atoms with van der Waals surface area (Å²) in [6.07, 6.45) is 5.43. The van der Waals surface area contributed by atoms with Gasteiger partial charge in [0.2, 0.25) is 11.7 Å². The minimum atomic E-state index is -0.565. The van der Waals surface area contributed by atoms with Crippen molar-refractivity contribution in [3.8, 4) is 0 Å². The highest BCUT2D eigenvalue weighted by Gasteiger charge is 2.33. The molecule has 2 aliphatic rings. The number of hydrogen-bond donors (Lipinski definition) is 1. The van der Waals surface area contributed by atoms with E-state index in [9.17, 15) is 14.4 Å². The van der Waals surface area contributed by atoms with Crippen LogP contribution in [0.2, 0.25) is 0 Å². The third-order valence-electron chi connectivity index (χ3n) is 6.64. The second-order valence-corrected chi connectivity index (χ2v) is 8.97. The number of fused-ring (bicyclic) bond motifs is 1. The quantitative estimate of drug-likeness (QED) is 0.440. The molecule has 9 nitrogen and oxygen atoms in total. The minimum absolute atomic E-state index is 0.0719. The molecule has 2 heterocycles. The van der Waals surface area contributed by atoms with E-state index in [-0.39, 0.29) is 49.0 Å². The molecule has 1 aromatic heterocycles. The molecule has 0 spiro atoms. The van der Waals surface area contributed by atoms with Crippen molar-refractivity contribution < 1.29 is 28.3 Å². The van der Waals surface area contributed by atoms with E-state index in [0.29, 0.717) is 43.8 Å². The Morgan fingerprint density at radius 1 is 1.12 bits per heavy atom. The van der Waals surface area contributed by atoms with Crippen LogP contribution >= 0.6 is 0 Å². The first-order valence-electron chi connectivity index (χ1n) is 12.3. The van der Waals surface area contributed by atoms with Gasteiger partial charge in [-0.3, -0.25) is 9.59 Å². The van der Waals surface area contributed by atoms with Gasteiger partial charge in [0, 0.05) is 26.1 Å². The fourth-order valence-corrected chi connectivity index (χ4v) is 4.75. The molecule has 9 heteroatoms. The number of aromatic nitrogens is 1. The monoisotopic (exact) mass is 471 g/mol. The first kappa shape index (κ1) is 24.2. The van der Waals surface area contributed by atoms with E-state index < -0.39 is 6.09 Å². The van der Waals surface area contributed by atoms with Crippen molar-refractivity contribution >= 4 is 28.9 Å². The van der Waals surface area contributed by atoms with Crippen LogP contribution in [-0.4, -0.2) is 67.1 Å². The number of para-hydroxylation sites is 2. The predicted molar refractivity (Wildman–Crippen MR) is 124 cm³/mol. The Balaban J connectivity index is 1.21. The zero-order valence-corrected chi connectivity index (χ0v) is 19.5. The number of rotatable bonds is 9. The number of carbonyl (C=O) groups is 3. The summed E-state index contributed by atoms with van der Waals surface area (Å²) in [5, 5.41) is 2.78. The molecule has 1 aromatic carbocycles. The van der Waals surface area contributed by atoms with Gasteiger partial charge in [-0.1, -0.05) is 31.4 Å². The van der Waals surface area contributed by atoms with E-state index in [1.165, 1.54) is 6.42 Å². The maximum atomic E-state index is 13.2. The molecule has 1 atom stereocenters. The molecule has 4 rings (SSSR count). The van der Waals surface area contributed by atoms with E-state index >= 15 is 0 Å². The van der Waals surface area contributed by atoms with Crippen molar-refractivity contribution in [2.75, 3.05) is 39.5 Å². The van der Waals surface area contributed by atoms with Crippen LogP contribution in [0.15, 0.2) is 28.7 Å². The molecule has 2 amide bonds. The van der Waals surface area contributed by atoms with Gasteiger partial charge in [0.25, 0.3) is 5.89 Å². The van der Waals surface area contributed by atoms with Gasteiger partial charge < -0.3 is 24.1 Å². The second kappa shape index (κ2) is 12.0. The van der Waals surface area contributed by atoms with Crippen molar-refractivity contribution in [2.45, 2.75) is 44.9 Å². The number of nitrogens with zero attached hydrogens (tertiary/aromatic N) is 2. The Bertz CT molecular complexity index is 945. The zero-order chi connectivity index (χ0) is 23.8. The largest absolute Gasteiger partial charge is 0.450 e. The molecule has 34 heavy (non-hydrogen) atoms. The van der Waals surface area contributed by atoms with Crippen LogP contribution in [0.1, 0.15) is 55.6 Å². The molecule has 2 fully saturated rings. The fraction of sp³-hybridized carbons (Fsp3) is 0.600. The van der Waals surface area contributed by atoms with E-state index in [2.05, 4.69) is 10.3 Å². The van der Waals surface area contributed by atoms with Crippen molar-refractivity contribution in [2.24, 2.45) is 11.8 Å². The Hall–Kier alpha value is -2.94. The summed E-state index contributed by atoms with van der Waals surface area (Å²) in [5.74, 6) is -0.0271. The smallest absolute Gasteiger partial charge is 0.407 e. The van der Waals surface area contributed by atoms with Crippen molar-refractivity contribution in [3.05, 3.63) is 30.2 Å². The molecule has 1 aliphatic heterocycles. The average molecular weight is 472 g/mol. The van der Waals surface area contributed by atoms with Gasteiger partial charge in [0.1, 0.15) is 5.52 Å². The summed E-state index contributed by atoms with van der Waals surface area (Å²) in [6, 6.07) is 7.20. The van der Waals surface area contributed by atoms with Crippen molar-refractivity contribution in [1.82, 2.24) is 15.2 Å². The Labute approximate surface area is 199 Å². The van der Waals surface area contributed by atoms with Crippen molar-refractivity contribution in [1.29, 1.82) is 0 Å². The molecule has 184 valence electrons. The minimum Gasteiger partial charge on any atom is -0.450 e. The standard InChI is InChI=1S/C25H33N3O6/c29-21(23-27-20-9-4-5-11-22(20)34-23)10-6-14-33-25(31)26-17-19(18-7-2-1-3-8-18)24(30)28-12-15-32-16-13-28/h4-5,9,11,18-19H,1-3,6-8,10,12-17H2,(H,26,31). The van der Waals surface area contributed by atoms with E-state index in [0.717, 1.165) is 25.7 Å². The number of amides is 2. The summed E-state index contributed by atoms with van der Waals surface area (Å²) in [5.41, 5.74) is 1.21. The fourth-order valence-electron chi connectivity index (χ4n) is 4.75. The molecule has 1 saturated heterocycles. The summed E-state index contributed by atoms with van der Waals surface area (Å²) < 4.78 is 16.1. The first-order valence-corrected chi connectivity index (χ1v) is 12.3. The number of carbonyl (C=O) groups excluding carboxylic acids is 3. The number of hydrogen-bond acceptors (Lipinski definition) is 7. The molecule has 2 aromatic rings. The predicted octanol–water partition coefficient (Wildman–Crippen LogP) is 3.57. The number of ether oxygens (including phenoxy) is 2. The summed E-state index contributed by atoms with van der Waals surface area (Å²) in [6.45, 7) is 2.67. The van der Waals surface area contributed by atoms with Crippen LogP contribution < -0.4 is 5.32 Å². The molecule has 1 saturated carbocycles. The van der Waals surface area contributed by atoms with Crippen molar-refractivity contribution in [3.63, 3.8) is 0 Å². The van der Waals surface area contributed by atoms with E-state index in [4.69, 9.17) is 13.9 Å². The number of benzene rings is 1. The third kappa shape index (κ3) is 6.34. The third-order valence-corrected chi connectivity index (χ3v) is 6.64. The molecular weight excluding hydrogens is 438 g/mol. The second-order valence-electron chi connectivity index (χ2n) is 8.97. The van der Waals surface area contributed by atoms with Crippen LogP contribution in [0, 0.1) is 11.8 Å². The molecular formula is C25H33N3O6. The van der Waals surface area contributed by atoms with Gasteiger partial charge >= 0.3 is 6.09 Å². The lowest BCUT2D eigenvalue weighted by Crippen LogP contribution is -2.49. The summed E-state index contributed by atoms with van der Waals surface area (Å²) >= 11 is 0. The van der Waals surface area contributed by atoms with Gasteiger partial charge in [-0.2, -0.15) is 0 Å². The highest BCUT2D eigenvalue weighted by molar-refractivity contribution is 5.94. The number of morpholine rings is 1. The first-order chi connectivity index (χ1) is 16.6. The topological polar surface area (TPSA) is 111 Å². The highest BCUT2D eigenvalue weighted by atomic mass is 16.5. The lowest BCUT2D eigenvalue weighted by molar-refractivity contribution is -0.141. The lowest BCUT2D eigenvalue weighted by Gasteiger charge is -2.35. The number of oxazole rings is 1. The Kier molecular flexibility index (Phi) is 8.51. The maximum absolute atomic E-state index is 13.2. The SMILES string of the molecule is O=C(NCC(C(=O)N1CCOCC1)C1CCCCC1)OCCCC(=O)c1nc2ccccc2o1. The normalized spacial score (nSPS) is 17.9. The zero-order valence-electron chi connectivity index (χ0n) is 19.5. The van der Waals surface area contributed by atoms with Crippen LogP contribution in [0.3, 0.4) is 0 Å². The summed E-state index contributed by atoms with van der Waals surface area (Å²) in [7, 11) is 0.